The lowest BCUT2D eigenvalue weighted by Crippen LogP contribution is -2.15. The van der Waals surface area contributed by atoms with Crippen molar-refractivity contribution >= 4 is 11.6 Å². The van der Waals surface area contributed by atoms with E-state index >= 15 is 0 Å². The van der Waals surface area contributed by atoms with Crippen molar-refractivity contribution in [2.45, 2.75) is 37.6 Å². The Balaban J connectivity index is 1.58. The number of hydrogen-bond acceptors (Lipinski definition) is 5. The summed E-state index contributed by atoms with van der Waals surface area (Å²) in [4.78, 5) is 20.7. The van der Waals surface area contributed by atoms with Crippen LogP contribution in [0, 0.1) is 5.82 Å². The molecule has 0 aromatic carbocycles. The van der Waals surface area contributed by atoms with Gasteiger partial charge in [-0.2, -0.15) is 0 Å². The molecule has 1 aliphatic heterocycles. The van der Waals surface area contributed by atoms with Crippen LogP contribution in [0.15, 0.2) is 36.7 Å². The summed E-state index contributed by atoms with van der Waals surface area (Å²) in [7, 11) is 0. The van der Waals surface area contributed by atoms with Crippen molar-refractivity contribution < 1.29 is 9.18 Å². The minimum absolute atomic E-state index is 0.00616. The molecule has 2 N–H and O–H groups in total. The van der Waals surface area contributed by atoms with Crippen molar-refractivity contribution in [3.63, 3.8) is 0 Å². The molecule has 150 valence electrons. The zero-order valence-electron chi connectivity index (χ0n) is 16.0. The quantitative estimate of drug-likeness (QED) is 0.564. The van der Waals surface area contributed by atoms with Crippen LogP contribution in [0.5, 0.6) is 0 Å². The third-order valence-electron chi connectivity index (χ3n) is 6.12. The fraction of sp³-hybridized carbons (Fsp3) is 0.286. The Morgan fingerprint density at radius 2 is 2.10 bits per heavy atom. The fourth-order valence-corrected chi connectivity index (χ4v) is 4.86. The van der Waals surface area contributed by atoms with Gasteiger partial charge in [0.05, 0.1) is 24.0 Å². The normalized spacial score (nSPS) is 19.5. The topological polar surface area (TPSA) is 104 Å². The van der Waals surface area contributed by atoms with Gasteiger partial charge >= 0.3 is 0 Å². The Kier molecular flexibility index (Phi) is 3.56. The van der Waals surface area contributed by atoms with Crippen molar-refractivity contribution in [2.24, 2.45) is 5.73 Å². The van der Waals surface area contributed by atoms with E-state index < -0.39 is 5.91 Å². The minimum atomic E-state index is -0.464. The maximum Gasteiger partial charge on any atom is 0.225 e. The first-order chi connectivity index (χ1) is 14.6. The molecule has 1 aliphatic carbocycles. The summed E-state index contributed by atoms with van der Waals surface area (Å²) in [5, 5.41) is 8.22. The lowest BCUT2D eigenvalue weighted by atomic mass is 10.1. The molecular formula is C21H18FN7O. The molecule has 0 radical (unpaired) electrons. The lowest BCUT2D eigenvalue weighted by molar-refractivity contribution is -0.117. The second kappa shape index (κ2) is 6.19. The minimum Gasteiger partial charge on any atom is -0.369 e. The van der Waals surface area contributed by atoms with Gasteiger partial charge in [0.1, 0.15) is 23.2 Å². The van der Waals surface area contributed by atoms with E-state index in [1.807, 2.05) is 18.3 Å². The number of hydrogen-bond donors (Lipinski definition) is 1. The van der Waals surface area contributed by atoms with Crippen molar-refractivity contribution in [3.05, 3.63) is 54.1 Å². The van der Waals surface area contributed by atoms with E-state index in [1.165, 1.54) is 12.3 Å². The Bertz CT molecular complexity index is 1310. The van der Waals surface area contributed by atoms with Crippen molar-refractivity contribution in [2.75, 3.05) is 0 Å². The van der Waals surface area contributed by atoms with Gasteiger partial charge in [-0.05, 0) is 43.5 Å². The second-order valence-corrected chi connectivity index (χ2v) is 7.97. The molecule has 5 heterocycles. The predicted molar refractivity (Wildman–Crippen MR) is 106 cm³/mol. The number of halogens is 1. The molecule has 4 aromatic rings. The van der Waals surface area contributed by atoms with Gasteiger partial charge in [-0.1, -0.05) is 0 Å². The Hall–Kier alpha value is -3.62. The maximum absolute atomic E-state index is 13.5. The van der Waals surface area contributed by atoms with Gasteiger partial charge in [0.25, 0.3) is 0 Å². The van der Waals surface area contributed by atoms with E-state index in [0.29, 0.717) is 29.1 Å². The molecule has 2 unspecified atom stereocenters. The van der Waals surface area contributed by atoms with Crippen LogP contribution in [-0.4, -0.2) is 35.0 Å². The van der Waals surface area contributed by atoms with Crippen LogP contribution in [0.25, 0.3) is 28.3 Å². The van der Waals surface area contributed by atoms with Crippen LogP contribution in [-0.2, 0) is 11.2 Å². The van der Waals surface area contributed by atoms with E-state index in [1.54, 1.807) is 10.5 Å². The monoisotopic (exact) mass is 403 g/mol. The predicted octanol–water partition coefficient (Wildman–Crippen LogP) is 2.64. The lowest BCUT2D eigenvalue weighted by Gasteiger charge is -2.17. The summed E-state index contributed by atoms with van der Waals surface area (Å²) in [5.41, 5.74) is 9.25. The van der Waals surface area contributed by atoms with Gasteiger partial charge in [-0.15, -0.1) is 10.2 Å². The zero-order valence-corrected chi connectivity index (χ0v) is 16.0. The molecule has 0 saturated heterocycles. The highest BCUT2D eigenvalue weighted by molar-refractivity contribution is 5.79. The number of carbonyl (C=O) groups is 1. The van der Waals surface area contributed by atoms with Crippen LogP contribution in [0.3, 0.4) is 0 Å². The average molecular weight is 403 g/mol. The Labute approximate surface area is 170 Å². The average Bonchev–Trinajstić information content (AvgIpc) is 3.49. The van der Waals surface area contributed by atoms with Gasteiger partial charge in [0, 0.05) is 23.7 Å². The van der Waals surface area contributed by atoms with Gasteiger partial charge in [0.2, 0.25) is 5.91 Å². The molecule has 1 fully saturated rings. The van der Waals surface area contributed by atoms with Crippen molar-refractivity contribution in [1.29, 1.82) is 0 Å². The number of amides is 1. The summed E-state index contributed by atoms with van der Waals surface area (Å²) < 4.78 is 17.6. The molecule has 30 heavy (non-hydrogen) atoms. The van der Waals surface area contributed by atoms with E-state index in [9.17, 15) is 9.18 Å². The Morgan fingerprint density at radius 1 is 1.20 bits per heavy atom. The largest absolute Gasteiger partial charge is 0.369 e. The summed E-state index contributed by atoms with van der Waals surface area (Å²) in [6.07, 6.45) is 6.51. The number of imidazole rings is 1. The van der Waals surface area contributed by atoms with Crippen molar-refractivity contribution in [3.8, 4) is 22.6 Å². The second-order valence-electron chi connectivity index (χ2n) is 7.97. The Morgan fingerprint density at radius 3 is 2.90 bits per heavy atom. The molecule has 1 amide bonds. The van der Waals surface area contributed by atoms with Crippen molar-refractivity contribution in [1.82, 2.24) is 29.1 Å². The maximum atomic E-state index is 13.5. The molecule has 2 atom stereocenters. The van der Waals surface area contributed by atoms with Crippen LogP contribution in [0.1, 0.15) is 42.9 Å². The molecule has 6 rings (SSSR count). The third-order valence-corrected chi connectivity index (χ3v) is 6.12. The van der Waals surface area contributed by atoms with Crippen LogP contribution < -0.4 is 5.73 Å². The highest BCUT2D eigenvalue weighted by Crippen LogP contribution is 2.52. The first-order valence-electron chi connectivity index (χ1n) is 9.95. The number of carbonyl (C=O) groups excluding carboxylic acids is 1. The number of fused-ring (bicyclic) bond motifs is 6. The SMILES string of the molecule is NC(=O)Cc1nnc2ccc(-c3c(-c4ccc(F)cn4)nc4n3C3CCC4C3)cn12. The number of nitrogens with zero attached hydrogens (tertiary/aromatic N) is 6. The molecule has 0 spiro atoms. The van der Waals surface area contributed by atoms with Crippen LogP contribution >= 0.6 is 0 Å². The van der Waals surface area contributed by atoms with E-state index in [0.717, 1.165) is 42.0 Å². The summed E-state index contributed by atoms with van der Waals surface area (Å²) in [6.45, 7) is 0. The number of nitrogens with two attached hydrogens (primary N) is 1. The zero-order chi connectivity index (χ0) is 20.4. The smallest absolute Gasteiger partial charge is 0.225 e. The molecular weight excluding hydrogens is 385 g/mol. The molecule has 2 bridgehead atoms. The van der Waals surface area contributed by atoms with Gasteiger partial charge in [-0.25, -0.2) is 9.37 Å². The molecule has 1 saturated carbocycles. The van der Waals surface area contributed by atoms with E-state index in [2.05, 4.69) is 19.7 Å². The van der Waals surface area contributed by atoms with Gasteiger partial charge < -0.3 is 10.3 Å². The summed E-state index contributed by atoms with van der Waals surface area (Å²) in [5.74, 6) is 1.17. The number of rotatable bonds is 4. The molecule has 9 heteroatoms. The molecule has 4 aromatic heterocycles. The summed E-state index contributed by atoms with van der Waals surface area (Å²) in [6, 6.07) is 7.31. The van der Waals surface area contributed by atoms with Gasteiger partial charge in [-0.3, -0.25) is 14.2 Å². The van der Waals surface area contributed by atoms with E-state index in [-0.39, 0.29) is 12.2 Å². The highest BCUT2D eigenvalue weighted by Gasteiger charge is 2.41. The van der Waals surface area contributed by atoms with E-state index in [4.69, 9.17) is 10.7 Å². The van der Waals surface area contributed by atoms with Gasteiger partial charge in [0.15, 0.2) is 5.65 Å². The standard InChI is InChI=1S/C21H18FN7O/c22-13-3-5-15(24-9-13)19-20(29-14-4-1-11(7-14)21(29)25-19)12-2-6-17-26-27-18(8-16(23)30)28(17)10-12/h2-3,5-6,9-11,14H,1,4,7-8H2,(H2,23,30). The third kappa shape index (κ3) is 2.47. The van der Waals surface area contributed by atoms with Crippen LogP contribution in [0.2, 0.25) is 0 Å². The number of aromatic nitrogens is 6. The number of primary amides is 1. The summed E-state index contributed by atoms with van der Waals surface area (Å²) >= 11 is 0. The van der Waals surface area contributed by atoms with Crippen LogP contribution in [0.4, 0.5) is 4.39 Å². The molecule has 8 nitrogen and oxygen atoms in total. The highest BCUT2D eigenvalue weighted by atomic mass is 19.1. The first kappa shape index (κ1) is 17.3. The first-order valence-corrected chi connectivity index (χ1v) is 9.95. The number of pyridine rings is 2. The molecule has 2 aliphatic rings. The fourth-order valence-electron chi connectivity index (χ4n) is 4.86.